The van der Waals surface area contributed by atoms with E-state index in [1.165, 1.54) is 17.1 Å². The van der Waals surface area contributed by atoms with Crippen LogP contribution in [-0.2, 0) is 21.4 Å². The maximum Gasteiger partial charge on any atom is 0.305 e. The van der Waals surface area contributed by atoms with E-state index in [0.717, 1.165) is 6.42 Å². The molecule has 0 spiro atoms. The third-order valence-corrected chi connectivity index (χ3v) is 4.71. The maximum atomic E-state index is 12.0. The second-order valence-electron chi connectivity index (χ2n) is 5.45. The number of nitrogens with zero attached hydrogens (tertiary/aromatic N) is 2. The van der Waals surface area contributed by atoms with Gasteiger partial charge in [0.2, 0.25) is 10.0 Å². The molecule has 1 aliphatic carbocycles. The number of hydrogen-bond donors (Lipinski definition) is 2. The lowest BCUT2D eigenvalue weighted by Crippen LogP contribution is -2.28. The van der Waals surface area contributed by atoms with E-state index in [1.54, 1.807) is 0 Å². The summed E-state index contributed by atoms with van der Waals surface area (Å²) in [5.74, 6) is -0.947. The van der Waals surface area contributed by atoms with Crippen molar-refractivity contribution >= 4 is 16.0 Å². The summed E-state index contributed by atoms with van der Waals surface area (Å²) in [5.41, 5.74) is 0.00632. The van der Waals surface area contributed by atoms with Gasteiger partial charge in [-0.15, -0.1) is 0 Å². The van der Waals surface area contributed by atoms with Crippen LogP contribution >= 0.6 is 0 Å². The Bertz CT molecular complexity index is 591. The Kier molecular flexibility index (Phi) is 3.40. The Morgan fingerprint density at radius 2 is 2.26 bits per heavy atom. The largest absolute Gasteiger partial charge is 0.481 e. The molecule has 8 heteroatoms. The molecule has 1 unspecified atom stereocenters. The number of carboxylic acids is 1. The molecule has 0 aromatic carbocycles. The minimum absolute atomic E-state index is 0.00632. The van der Waals surface area contributed by atoms with Crippen molar-refractivity contribution in [2.24, 2.45) is 5.41 Å². The summed E-state index contributed by atoms with van der Waals surface area (Å²) >= 11 is 0. The quantitative estimate of drug-likeness (QED) is 0.790. The highest BCUT2D eigenvalue weighted by molar-refractivity contribution is 7.89. The summed E-state index contributed by atoms with van der Waals surface area (Å²) in [5, 5.41) is 12.4. The smallest absolute Gasteiger partial charge is 0.305 e. The van der Waals surface area contributed by atoms with Crippen molar-refractivity contribution in [2.45, 2.75) is 44.2 Å². The zero-order valence-electron chi connectivity index (χ0n) is 10.8. The molecule has 0 aliphatic heterocycles. The molecule has 0 saturated heterocycles. The third kappa shape index (κ3) is 3.32. The number of sulfonamides is 1. The third-order valence-electron chi connectivity index (χ3n) is 3.29. The topological polar surface area (TPSA) is 101 Å². The second-order valence-corrected chi connectivity index (χ2v) is 7.16. The molecule has 0 amide bonds. The van der Waals surface area contributed by atoms with Gasteiger partial charge >= 0.3 is 5.97 Å². The van der Waals surface area contributed by atoms with Crippen LogP contribution in [0, 0.1) is 5.41 Å². The molecule has 1 fully saturated rings. The van der Waals surface area contributed by atoms with Crippen LogP contribution in [0.3, 0.4) is 0 Å². The standard InChI is InChI=1S/C11H17N3O4S/c1-11(2)5-9(11)13-19(17,18)8-6-12-14(7-8)4-3-10(15)16/h6-7,9,13H,3-5H2,1-2H3,(H,15,16). The Balaban J connectivity index is 2.03. The molecule has 2 N–H and O–H groups in total. The molecule has 1 aromatic heterocycles. The first-order valence-corrected chi connectivity index (χ1v) is 7.46. The minimum atomic E-state index is -3.57. The molecule has 1 aliphatic rings. The first-order valence-electron chi connectivity index (χ1n) is 5.97. The monoisotopic (exact) mass is 287 g/mol. The highest BCUT2D eigenvalue weighted by atomic mass is 32.2. The number of aryl methyl sites for hydroxylation is 1. The van der Waals surface area contributed by atoms with Crippen LogP contribution in [0.5, 0.6) is 0 Å². The molecule has 1 saturated carbocycles. The summed E-state index contributed by atoms with van der Waals surface area (Å²) < 4.78 is 28.0. The molecular formula is C11H17N3O4S. The number of nitrogens with one attached hydrogen (secondary N) is 1. The van der Waals surface area contributed by atoms with Crippen LogP contribution in [0.1, 0.15) is 26.7 Å². The normalized spacial score (nSPS) is 21.3. The molecule has 0 radical (unpaired) electrons. The van der Waals surface area contributed by atoms with E-state index < -0.39 is 16.0 Å². The van der Waals surface area contributed by atoms with Crippen molar-refractivity contribution in [2.75, 3.05) is 0 Å². The van der Waals surface area contributed by atoms with E-state index in [2.05, 4.69) is 9.82 Å². The summed E-state index contributed by atoms with van der Waals surface area (Å²) in [7, 11) is -3.57. The Morgan fingerprint density at radius 3 is 2.79 bits per heavy atom. The summed E-state index contributed by atoms with van der Waals surface area (Å²) in [6.45, 7) is 4.15. The van der Waals surface area contributed by atoms with Crippen LogP contribution in [0.25, 0.3) is 0 Å². The van der Waals surface area contributed by atoms with Gasteiger partial charge in [0.15, 0.2) is 0 Å². The first kappa shape index (κ1) is 14.0. The predicted molar refractivity (Wildman–Crippen MR) is 67.0 cm³/mol. The van der Waals surface area contributed by atoms with Crippen molar-refractivity contribution in [1.82, 2.24) is 14.5 Å². The van der Waals surface area contributed by atoms with E-state index in [0.29, 0.717) is 0 Å². The van der Waals surface area contributed by atoms with Crippen molar-refractivity contribution in [3.63, 3.8) is 0 Å². The van der Waals surface area contributed by atoms with Crippen molar-refractivity contribution in [1.29, 1.82) is 0 Å². The molecule has 19 heavy (non-hydrogen) atoms. The van der Waals surface area contributed by atoms with Gasteiger partial charge < -0.3 is 5.11 Å². The molecular weight excluding hydrogens is 270 g/mol. The molecule has 0 bridgehead atoms. The highest BCUT2D eigenvalue weighted by Gasteiger charge is 2.48. The van der Waals surface area contributed by atoms with E-state index in [-0.39, 0.29) is 29.3 Å². The van der Waals surface area contributed by atoms with Crippen molar-refractivity contribution in [3.8, 4) is 0 Å². The van der Waals surface area contributed by atoms with E-state index in [9.17, 15) is 13.2 Å². The molecule has 2 rings (SSSR count). The Morgan fingerprint density at radius 1 is 1.63 bits per heavy atom. The summed E-state index contributed by atoms with van der Waals surface area (Å²) in [6, 6.07) is -0.0418. The van der Waals surface area contributed by atoms with E-state index in [1.807, 2.05) is 13.8 Å². The van der Waals surface area contributed by atoms with Gasteiger partial charge in [0.05, 0.1) is 19.2 Å². The van der Waals surface area contributed by atoms with Crippen LogP contribution in [-0.4, -0.2) is 35.3 Å². The van der Waals surface area contributed by atoms with Gasteiger partial charge in [0.25, 0.3) is 0 Å². The fourth-order valence-corrected chi connectivity index (χ4v) is 3.10. The SMILES string of the molecule is CC1(C)CC1NS(=O)(=O)c1cnn(CCC(=O)O)c1. The number of carbonyl (C=O) groups is 1. The van der Waals surface area contributed by atoms with Gasteiger partial charge in [0.1, 0.15) is 4.90 Å². The van der Waals surface area contributed by atoms with Crippen molar-refractivity contribution in [3.05, 3.63) is 12.4 Å². The van der Waals surface area contributed by atoms with Gasteiger partial charge in [-0.1, -0.05) is 13.8 Å². The highest BCUT2D eigenvalue weighted by Crippen LogP contribution is 2.45. The molecule has 1 aromatic rings. The first-order chi connectivity index (χ1) is 8.71. The van der Waals surface area contributed by atoms with Crippen LogP contribution in [0.4, 0.5) is 0 Å². The lowest BCUT2D eigenvalue weighted by molar-refractivity contribution is -0.137. The molecule has 1 heterocycles. The fraction of sp³-hybridized carbons (Fsp3) is 0.636. The number of rotatable bonds is 6. The van der Waals surface area contributed by atoms with Crippen molar-refractivity contribution < 1.29 is 18.3 Å². The second kappa shape index (κ2) is 4.61. The Hall–Kier alpha value is -1.41. The molecule has 106 valence electrons. The zero-order valence-corrected chi connectivity index (χ0v) is 11.6. The molecule has 1 atom stereocenters. The fourth-order valence-electron chi connectivity index (χ4n) is 1.74. The van der Waals surface area contributed by atoms with Crippen LogP contribution in [0.2, 0.25) is 0 Å². The number of aliphatic carboxylic acids is 1. The Labute approximate surface area is 111 Å². The summed E-state index contributed by atoms with van der Waals surface area (Å²) in [4.78, 5) is 10.5. The van der Waals surface area contributed by atoms with Crippen LogP contribution < -0.4 is 4.72 Å². The minimum Gasteiger partial charge on any atom is -0.481 e. The number of aromatic nitrogens is 2. The van der Waals surface area contributed by atoms with E-state index >= 15 is 0 Å². The van der Waals surface area contributed by atoms with Gasteiger partial charge in [-0.2, -0.15) is 5.10 Å². The predicted octanol–water partition coefficient (Wildman–Crippen LogP) is 0.435. The lowest BCUT2D eigenvalue weighted by atomic mass is 10.2. The zero-order chi connectivity index (χ0) is 14.3. The van der Waals surface area contributed by atoms with Gasteiger partial charge in [-0.3, -0.25) is 9.48 Å². The number of carboxylic acid groups (broad SMARTS) is 1. The van der Waals surface area contributed by atoms with Gasteiger partial charge in [-0.25, -0.2) is 13.1 Å². The maximum absolute atomic E-state index is 12.0. The molecule has 7 nitrogen and oxygen atoms in total. The van der Waals surface area contributed by atoms with E-state index in [4.69, 9.17) is 5.11 Å². The van der Waals surface area contributed by atoms with Crippen LogP contribution in [0.15, 0.2) is 17.3 Å². The number of hydrogen-bond acceptors (Lipinski definition) is 4. The van der Waals surface area contributed by atoms with Gasteiger partial charge in [-0.05, 0) is 11.8 Å². The average molecular weight is 287 g/mol. The lowest BCUT2D eigenvalue weighted by Gasteiger charge is -2.05. The summed E-state index contributed by atoms with van der Waals surface area (Å²) in [6.07, 6.45) is 3.31. The average Bonchev–Trinajstić information content (AvgIpc) is 2.73. The van der Waals surface area contributed by atoms with Gasteiger partial charge in [0, 0.05) is 12.2 Å².